The lowest BCUT2D eigenvalue weighted by Crippen LogP contribution is -1.96. The predicted octanol–water partition coefficient (Wildman–Crippen LogP) is 2.01. The van der Waals surface area contributed by atoms with E-state index < -0.39 is 5.24 Å². The summed E-state index contributed by atoms with van der Waals surface area (Å²) in [6.45, 7) is 0. The lowest BCUT2D eigenvalue weighted by molar-refractivity contribution is 0.108. The molecule has 1 rings (SSSR count). The number of carbonyl (C=O) groups excluding carboxylic acids is 1. The maximum absolute atomic E-state index is 11.0. The number of benzene rings is 1. The van der Waals surface area contributed by atoms with Crippen LogP contribution in [-0.2, 0) is 0 Å². The molecule has 0 aliphatic heterocycles. The summed E-state index contributed by atoms with van der Waals surface area (Å²) in [4.78, 5) is 11.0. The quantitative estimate of drug-likeness (QED) is 0.514. The summed E-state index contributed by atoms with van der Waals surface area (Å²) in [7, 11) is 0. The predicted molar refractivity (Wildman–Crippen MR) is 60.4 cm³/mol. The average Bonchev–Trinajstić information content (AvgIpc) is 2.26. The molecule has 0 atom stereocenters. The lowest BCUT2D eigenvalue weighted by atomic mass is 9.99. The van der Waals surface area contributed by atoms with Crippen molar-refractivity contribution < 1.29 is 4.79 Å². The molecule has 0 saturated heterocycles. The van der Waals surface area contributed by atoms with Gasteiger partial charge >= 0.3 is 0 Å². The summed E-state index contributed by atoms with van der Waals surface area (Å²) >= 11 is 5.33. The molecule has 1 aromatic carbocycles. The van der Waals surface area contributed by atoms with Crippen LogP contribution in [-0.4, -0.2) is 5.24 Å². The summed E-state index contributed by atoms with van der Waals surface area (Å²) in [6, 6.07) is 2.90. The Hall–Kier alpha value is -2.14. The summed E-state index contributed by atoms with van der Waals surface area (Å²) in [5.74, 6) is 7.13. The first-order chi connectivity index (χ1) is 7.13. The Balaban J connectivity index is 3.62. The molecule has 0 aliphatic rings. The van der Waals surface area contributed by atoms with Crippen LogP contribution in [0.4, 0.5) is 0 Å². The van der Waals surface area contributed by atoms with E-state index in [1.54, 1.807) is 0 Å². The minimum absolute atomic E-state index is 0.247. The van der Waals surface area contributed by atoms with Gasteiger partial charge in [0, 0.05) is 16.7 Å². The Morgan fingerprint density at radius 2 is 1.53 bits per heavy atom. The number of hydrogen-bond donors (Lipinski definition) is 0. The molecule has 0 aliphatic carbocycles. The van der Waals surface area contributed by atoms with E-state index in [-0.39, 0.29) is 5.56 Å². The van der Waals surface area contributed by atoms with Gasteiger partial charge in [-0.05, 0) is 23.7 Å². The van der Waals surface area contributed by atoms with Crippen LogP contribution in [0.3, 0.4) is 0 Å². The highest BCUT2D eigenvalue weighted by Crippen LogP contribution is 2.17. The van der Waals surface area contributed by atoms with Crippen molar-refractivity contribution in [3.05, 3.63) is 34.4 Å². The summed E-state index contributed by atoms with van der Waals surface area (Å²) in [5.41, 5.74) is 1.48. The molecule has 0 heterocycles. The third-order valence-electron chi connectivity index (χ3n) is 1.82. The third-order valence-corrected chi connectivity index (χ3v) is 2.04. The minimum Gasteiger partial charge on any atom is -0.276 e. The van der Waals surface area contributed by atoms with Gasteiger partial charge in [-0.25, -0.2) is 0 Å². The molecule has 0 amide bonds. The van der Waals surface area contributed by atoms with E-state index in [9.17, 15) is 4.79 Å². The Kier molecular flexibility index (Phi) is 3.20. The largest absolute Gasteiger partial charge is 0.276 e. The second-order valence-corrected chi connectivity index (χ2v) is 3.00. The van der Waals surface area contributed by atoms with Crippen LogP contribution in [0.5, 0.6) is 0 Å². The van der Waals surface area contributed by atoms with Crippen LogP contribution in [0.25, 0.3) is 0 Å². The van der Waals surface area contributed by atoms with Gasteiger partial charge in [-0.3, -0.25) is 4.79 Å². The van der Waals surface area contributed by atoms with Gasteiger partial charge in [0.2, 0.25) is 0 Å². The molecule has 1 aromatic rings. The van der Waals surface area contributed by atoms with Gasteiger partial charge < -0.3 is 0 Å². The van der Waals surface area contributed by atoms with E-state index in [2.05, 4.69) is 17.8 Å². The highest BCUT2D eigenvalue weighted by Gasteiger charge is 2.09. The van der Waals surface area contributed by atoms with Crippen LogP contribution in [0, 0.1) is 37.0 Å². The van der Waals surface area contributed by atoms with Crippen LogP contribution >= 0.6 is 11.6 Å². The van der Waals surface area contributed by atoms with Gasteiger partial charge in [-0.1, -0.05) is 17.8 Å². The first-order valence-electron chi connectivity index (χ1n) is 3.91. The monoisotopic (exact) mass is 212 g/mol. The zero-order valence-corrected chi connectivity index (χ0v) is 8.43. The minimum atomic E-state index is -0.619. The van der Waals surface area contributed by atoms with Crippen molar-refractivity contribution in [2.45, 2.75) is 0 Å². The van der Waals surface area contributed by atoms with Crippen molar-refractivity contribution in [3.8, 4) is 37.0 Å². The third kappa shape index (κ3) is 2.03. The Labute approximate surface area is 93.4 Å². The fourth-order valence-electron chi connectivity index (χ4n) is 1.14. The molecule has 0 fully saturated rings. The molecule has 0 saturated carbocycles. The fourth-order valence-corrected chi connectivity index (χ4v) is 1.25. The van der Waals surface area contributed by atoms with Gasteiger partial charge in [-0.2, -0.15) is 0 Å². The fraction of sp³-hybridized carbons (Fsp3) is 0. The first-order valence-corrected chi connectivity index (χ1v) is 4.29. The van der Waals surface area contributed by atoms with E-state index in [1.807, 2.05) is 0 Å². The van der Waals surface area contributed by atoms with Gasteiger partial charge in [0.05, 0.1) is 5.56 Å². The van der Waals surface area contributed by atoms with Crippen LogP contribution in [0.15, 0.2) is 12.1 Å². The van der Waals surface area contributed by atoms with E-state index >= 15 is 0 Å². The molecule has 1 nitrogen and oxygen atoms in total. The van der Waals surface area contributed by atoms with Crippen molar-refractivity contribution >= 4 is 16.8 Å². The number of terminal acetylenes is 3. The number of rotatable bonds is 1. The van der Waals surface area contributed by atoms with E-state index in [1.165, 1.54) is 12.1 Å². The SMILES string of the molecule is C#Cc1cc(C(=O)Cl)cc(C#C)c1C#C. The molecule has 0 aromatic heterocycles. The summed E-state index contributed by atoms with van der Waals surface area (Å²) < 4.78 is 0. The van der Waals surface area contributed by atoms with Gasteiger partial charge in [0.25, 0.3) is 5.24 Å². The molecule has 70 valence electrons. The summed E-state index contributed by atoms with van der Waals surface area (Å²) in [5, 5.41) is -0.619. The first kappa shape index (κ1) is 10.9. The van der Waals surface area contributed by atoms with Crippen molar-refractivity contribution in [2.75, 3.05) is 0 Å². The number of hydrogen-bond acceptors (Lipinski definition) is 1. The number of carbonyl (C=O) groups is 1. The van der Waals surface area contributed by atoms with Gasteiger partial charge in [0.15, 0.2) is 0 Å². The van der Waals surface area contributed by atoms with E-state index in [4.69, 9.17) is 30.9 Å². The second-order valence-electron chi connectivity index (χ2n) is 2.65. The second kappa shape index (κ2) is 4.39. The highest BCUT2D eigenvalue weighted by atomic mass is 35.5. The van der Waals surface area contributed by atoms with Crippen LogP contribution in [0.1, 0.15) is 27.0 Å². The summed E-state index contributed by atoms with van der Waals surface area (Å²) in [6.07, 6.45) is 15.8. The normalized spacial score (nSPS) is 8.40. The van der Waals surface area contributed by atoms with E-state index in [0.717, 1.165) is 0 Å². The van der Waals surface area contributed by atoms with Crippen molar-refractivity contribution in [3.63, 3.8) is 0 Å². The van der Waals surface area contributed by atoms with Crippen molar-refractivity contribution in [1.29, 1.82) is 0 Å². The van der Waals surface area contributed by atoms with E-state index in [0.29, 0.717) is 16.7 Å². The molecule has 0 bridgehead atoms. The standard InChI is InChI=1S/C13H5ClO/c1-4-9-7-11(13(14)15)8-10(5-2)12(9)6-3/h1-3,7-8H. The van der Waals surface area contributed by atoms with Gasteiger partial charge in [0.1, 0.15) is 0 Å². The molecule has 0 radical (unpaired) electrons. The zero-order valence-electron chi connectivity index (χ0n) is 7.67. The molecule has 0 spiro atoms. The smallest absolute Gasteiger partial charge is 0.252 e. The maximum Gasteiger partial charge on any atom is 0.252 e. The van der Waals surface area contributed by atoms with Gasteiger partial charge in [-0.15, -0.1) is 19.3 Å². The molecule has 0 N–H and O–H groups in total. The molecular weight excluding hydrogens is 208 g/mol. The Morgan fingerprint density at radius 3 is 1.80 bits per heavy atom. The highest BCUT2D eigenvalue weighted by molar-refractivity contribution is 6.67. The molecule has 0 unspecified atom stereocenters. The zero-order chi connectivity index (χ0) is 11.4. The lowest BCUT2D eigenvalue weighted by Gasteiger charge is -2.03. The Bertz CT molecular complexity index is 512. The van der Waals surface area contributed by atoms with Crippen LogP contribution < -0.4 is 0 Å². The molecule has 2 heteroatoms. The maximum atomic E-state index is 11.0. The topological polar surface area (TPSA) is 17.1 Å². The Morgan fingerprint density at radius 1 is 1.07 bits per heavy atom. The molecule has 15 heavy (non-hydrogen) atoms. The molecular formula is C13H5ClO. The van der Waals surface area contributed by atoms with Crippen molar-refractivity contribution in [2.24, 2.45) is 0 Å². The van der Waals surface area contributed by atoms with Crippen molar-refractivity contribution in [1.82, 2.24) is 0 Å². The number of halogens is 1. The van der Waals surface area contributed by atoms with Crippen LogP contribution in [0.2, 0.25) is 0 Å². The average molecular weight is 213 g/mol.